The zero-order chi connectivity index (χ0) is 13.3. The summed E-state index contributed by atoms with van der Waals surface area (Å²) in [6, 6.07) is 6.12. The van der Waals surface area contributed by atoms with Crippen molar-refractivity contribution in [3.05, 3.63) is 22.4 Å². The molecule has 2 fully saturated rings. The fourth-order valence-electron chi connectivity index (χ4n) is 2.67. The summed E-state index contributed by atoms with van der Waals surface area (Å²) in [5.74, 6) is 0. The molecular formula is C16H26N2S. The summed E-state index contributed by atoms with van der Waals surface area (Å²) in [7, 11) is 0. The Kier molecular flexibility index (Phi) is 3.97. The van der Waals surface area contributed by atoms with E-state index in [0.717, 1.165) is 25.2 Å². The molecule has 3 heteroatoms. The first-order valence-electron chi connectivity index (χ1n) is 7.62. The molecule has 2 nitrogen and oxygen atoms in total. The van der Waals surface area contributed by atoms with E-state index >= 15 is 0 Å². The minimum Gasteiger partial charge on any atom is -0.313 e. The van der Waals surface area contributed by atoms with Gasteiger partial charge in [-0.15, -0.1) is 11.3 Å². The van der Waals surface area contributed by atoms with Crippen molar-refractivity contribution in [1.82, 2.24) is 10.2 Å². The average Bonchev–Trinajstić information content (AvgIpc) is 3.27. The topological polar surface area (TPSA) is 15.3 Å². The van der Waals surface area contributed by atoms with Crippen LogP contribution < -0.4 is 5.32 Å². The fraction of sp³-hybridized carbons (Fsp3) is 0.750. The highest BCUT2D eigenvalue weighted by Gasteiger charge is 2.34. The summed E-state index contributed by atoms with van der Waals surface area (Å²) >= 11 is 1.89. The molecule has 0 atom stereocenters. The molecule has 0 unspecified atom stereocenters. The van der Waals surface area contributed by atoms with Gasteiger partial charge in [0.25, 0.3) is 0 Å². The zero-order valence-corrected chi connectivity index (χ0v) is 13.0. The molecule has 1 aromatic rings. The van der Waals surface area contributed by atoms with Crippen molar-refractivity contribution in [3.8, 4) is 0 Å². The van der Waals surface area contributed by atoms with Crippen LogP contribution in [-0.4, -0.2) is 30.1 Å². The Morgan fingerprint density at radius 1 is 1.32 bits per heavy atom. The molecule has 0 spiro atoms. The van der Waals surface area contributed by atoms with Crippen molar-refractivity contribution in [2.24, 2.45) is 5.41 Å². The van der Waals surface area contributed by atoms with E-state index in [9.17, 15) is 0 Å². The fourth-order valence-corrected chi connectivity index (χ4v) is 3.40. The number of hydrogen-bond donors (Lipinski definition) is 1. The molecule has 0 amide bonds. The van der Waals surface area contributed by atoms with Crippen LogP contribution in [-0.2, 0) is 6.54 Å². The Balaban J connectivity index is 1.53. The summed E-state index contributed by atoms with van der Waals surface area (Å²) in [6.45, 7) is 8.34. The van der Waals surface area contributed by atoms with Crippen LogP contribution in [0, 0.1) is 5.41 Å². The maximum Gasteiger partial charge on any atom is 0.0331 e. The summed E-state index contributed by atoms with van der Waals surface area (Å²) < 4.78 is 0. The van der Waals surface area contributed by atoms with Crippen molar-refractivity contribution in [2.45, 2.75) is 58.2 Å². The number of nitrogens with zero attached hydrogens (tertiary/aromatic N) is 1. The smallest absolute Gasteiger partial charge is 0.0331 e. The predicted octanol–water partition coefficient (Wildman–Crippen LogP) is 3.49. The molecule has 2 aliphatic rings. The lowest BCUT2D eigenvalue weighted by Crippen LogP contribution is -2.41. The average molecular weight is 278 g/mol. The van der Waals surface area contributed by atoms with Crippen LogP contribution in [0.4, 0.5) is 0 Å². The zero-order valence-electron chi connectivity index (χ0n) is 12.2. The maximum atomic E-state index is 3.70. The van der Waals surface area contributed by atoms with E-state index in [2.05, 4.69) is 41.6 Å². The first kappa shape index (κ1) is 13.6. The van der Waals surface area contributed by atoms with Gasteiger partial charge >= 0.3 is 0 Å². The van der Waals surface area contributed by atoms with Gasteiger partial charge in [-0.1, -0.05) is 19.9 Å². The van der Waals surface area contributed by atoms with E-state index in [1.807, 2.05) is 11.3 Å². The minimum absolute atomic E-state index is 0.377. The third-order valence-corrected chi connectivity index (χ3v) is 4.94. The Morgan fingerprint density at radius 2 is 2.11 bits per heavy atom. The van der Waals surface area contributed by atoms with Crippen LogP contribution in [0.15, 0.2) is 17.5 Å². The van der Waals surface area contributed by atoms with Crippen molar-refractivity contribution < 1.29 is 0 Å². The largest absolute Gasteiger partial charge is 0.313 e. The summed E-state index contributed by atoms with van der Waals surface area (Å²) in [5.41, 5.74) is 0.377. The van der Waals surface area contributed by atoms with Gasteiger partial charge in [-0.3, -0.25) is 4.90 Å². The molecule has 1 N–H and O–H groups in total. The van der Waals surface area contributed by atoms with Crippen LogP contribution in [0.1, 0.15) is 44.4 Å². The second kappa shape index (κ2) is 5.55. The second-order valence-corrected chi connectivity index (χ2v) is 8.07. The Morgan fingerprint density at radius 3 is 2.68 bits per heavy atom. The van der Waals surface area contributed by atoms with Crippen LogP contribution >= 0.6 is 11.3 Å². The SMILES string of the molecule is CC(C)(CNC1CC1)CN(Cc1cccs1)C1CC1. The van der Waals surface area contributed by atoms with Crippen molar-refractivity contribution >= 4 is 11.3 Å². The highest BCUT2D eigenvalue weighted by Crippen LogP contribution is 2.32. The van der Waals surface area contributed by atoms with Crippen molar-refractivity contribution in [3.63, 3.8) is 0 Å². The lowest BCUT2D eigenvalue weighted by atomic mass is 9.92. The molecular weight excluding hydrogens is 252 g/mol. The number of thiophene rings is 1. The standard InChI is InChI=1S/C16H26N2S/c1-16(2,11-17-13-5-6-13)12-18(14-7-8-14)10-15-4-3-9-19-15/h3-4,9,13-14,17H,5-8,10-12H2,1-2H3. The molecule has 1 aromatic heterocycles. The quantitative estimate of drug-likeness (QED) is 0.783. The van der Waals surface area contributed by atoms with E-state index in [1.165, 1.54) is 37.1 Å². The Hall–Kier alpha value is -0.380. The summed E-state index contributed by atoms with van der Waals surface area (Å²) in [4.78, 5) is 4.22. The van der Waals surface area contributed by atoms with Crippen LogP contribution in [0.2, 0.25) is 0 Å². The molecule has 0 saturated heterocycles. The van der Waals surface area contributed by atoms with Gasteiger partial charge in [0.2, 0.25) is 0 Å². The lowest BCUT2D eigenvalue weighted by molar-refractivity contribution is 0.160. The molecule has 0 bridgehead atoms. The number of hydrogen-bond acceptors (Lipinski definition) is 3. The molecule has 0 radical (unpaired) electrons. The number of rotatable bonds is 8. The molecule has 19 heavy (non-hydrogen) atoms. The predicted molar refractivity (Wildman–Crippen MR) is 82.6 cm³/mol. The van der Waals surface area contributed by atoms with Gasteiger partial charge in [-0.2, -0.15) is 0 Å². The van der Waals surface area contributed by atoms with E-state index in [-0.39, 0.29) is 0 Å². The van der Waals surface area contributed by atoms with Crippen LogP contribution in [0.5, 0.6) is 0 Å². The normalized spacial score (nSPS) is 20.2. The second-order valence-electron chi connectivity index (χ2n) is 7.03. The summed E-state index contributed by atoms with van der Waals surface area (Å²) in [6.07, 6.45) is 5.57. The van der Waals surface area contributed by atoms with E-state index in [4.69, 9.17) is 0 Å². The highest BCUT2D eigenvalue weighted by molar-refractivity contribution is 7.09. The maximum absolute atomic E-state index is 3.70. The van der Waals surface area contributed by atoms with Crippen LogP contribution in [0.3, 0.4) is 0 Å². The van der Waals surface area contributed by atoms with Gasteiger partial charge in [0, 0.05) is 36.6 Å². The third kappa shape index (κ3) is 4.30. The molecule has 2 aliphatic carbocycles. The molecule has 3 rings (SSSR count). The molecule has 0 aliphatic heterocycles. The minimum atomic E-state index is 0.377. The molecule has 106 valence electrons. The van der Waals surface area contributed by atoms with Crippen LogP contribution in [0.25, 0.3) is 0 Å². The van der Waals surface area contributed by atoms with Crippen molar-refractivity contribution in [1.29, 1.82) is 0 Å². The molecule has 2 saturated carbocycles. The van der Waals surface area contributed by atoms with E-state index < -0.39 is 0 Å². The van der Waals surface area contributed by atoms with Gasteiger partial charge in [0.15, 0.2) is 0 Å². The van der Waals surface area contributed by atoms with Gasteiger partial charge in [0.05, 0.1) is 0 Å². The Bertz CT molecular complexity index is 391. The van der Waals surface area contributed by atoms with Crippen molar-refractivity contribution in [2.75, 3.05) is 13.1 Å². The third-order valence-electron chi connectivity index (χ3n) is 4.08. The first-order chi connectivity index (χ1) is 9.12. The van der Waals surface area contributed by atoms with E-state index in [1.54, 1.807) is 0 Å². The van der Waals surface area contributed by atoms with E-state index in [0.29, 0.717) is 5.41 Å². The highest BCUT2D eigenvalue weighted by atomic mass is 32.1. The Labute approximate surface area is 121 Å². The van der Waals surface area contributed by atoms with Gasteiger partial charge in [-0.05, 0) is 42.5 Å². The molecule has 0 aromatic carbocycles. The summed E-state index contributed by atoms with van der Waals surface area (Å²) in [5, 5.41) is 5.89. The molecule has 1 heterocycles. The monoisotopic (exact) mass is 278 g/mol. The van der Waals surface area contributed by atoms with Gasteiger partial charge < -0.3 is 5.32 Å². The first-order valence-corrected chi connectivity index (χ1v) is 8.50. The van der Waals surface area contributed by atoms with Gasteiger partial charge in [-0.25, -0.2) is 0 Å². The lowest BCUT2D eigenvalue weighted by Gasteiger charge is -2.33. The number of nitrogens with one attached hydrogen (secondary N) is 1. The van der Waals surface area contributed by atoms with Gasteiger partial charge in [0.1, 0.15) is 0 Å².